The van der Waals surface area contributed by atoms with E-state index < -0.39 is 0 Å². The summed E-state index contributed by atoms with van der Waals surface area (Å²) in [7, 11) is 0. The molecule has 2 rings (SSSR count). The molecule has 0 radical (unpaired) electrons. The largest absolute Gasteiger partial charge is 0.396 e. The summed E-state index contributed by atoms with van der Waals surface area (Å²) in [5, 5.41) is 18.5. The van der Waals surface area contributed by atoms with E-state index in [0.717, 1.165) is 50.6 Å². The maximum Gasteiger partial charge on any atom is 0.0807 e. The summed E-state index contributed by atoms with van der Waals surface area (Å²) in [5.41, 5.74) is 2.45. The van der Waals surface area contributed by atoms with Crippen LogP contribution in [-0.4, -0.2) is 21.4 Å². The fourth-order valence-electron chi connectivity index (χ4n) is 2.44. The summed E-state index contributed by atoms with van der Waals surface area (Å²) in [6, 6.07) is 0. The Hall–Kier alpha value is -0.800. The van der Waals surface area contributed by atoms with Crippen molar-refractivity contribution < 1.29 is 10.2 Å². The maximum atomic E-state index is 9.84. The predicted molar refractivity (Wildman–Crippen MR) is 63.3 cm³/mol. The predicted octanol–water partition coefficient (Wildman–Crippen LogP) is 2.02. The second kappa shape index (κ2) is 5.51. The highest BCUT2D eigenvalue weighted by molar-refractivity contribution is 5.28. The third kappa shape index (κ3) is 2.66. The van der Waals surface area contributed by atoms with Crippen molar-refractivity contribution in [3.63, 3.8) is 0 Å². The van der Waals surface area contributed by atoms with Gasteiger partial charge < -0.3 is 14.8 Å². The Morgan fingerprint density at radius 3 is 2.88 bits per heavy atom. The molecular weight excluding hydrogens is 202 g/mol. The van der Waals surface area contributed by atoms with Gasteiger partial charge >= 0.3 is 0 Å². The summed E-state index contributed by atoms with van der Waals surface area (Å²) >= 11 is 0. The molecule has 0 bridgehead atoms. The highest BCUT2D eigenvalue weighted by Gasteiger charge is 2.19. The first-order chi connectivity index (χ1) is 7.81. The van der Waals surface area contributed by atoms with Gasteiger partial charge in [0.1, 0.15) is 0 Å². The van der Waals surface area contributed by atoms with E-state index in [1.807, 2.05) is 0 Å². The molecule has 16 heavy (non-hydrogen) atoms. The average Bonchev–Trinajstić information content (AvgIpc) is 2.69. The average molecular weight is 223 g/mol. The van der Waals surface area contributed by atoms with Crippen molar-refractivity contribution in [3.8, 4) is 0 Å². The SMILES string of the molecule is OCCCCCn1cc2c(c1)C(O)CCC2. The summed E-state index contributed by atoms with van der Waals surface area (Å²) in [6.45, 7) is 1.29. The van der Waals surface area contributed by atoms with Gasteiger partial charge in [-0.2, -0.15) is 0 Å². The Balaban J connectivity index is 1.91. The second-order valence-corrected chi connectivity index (χ2v) is 4.67. The van der Waals surface area contributed by atoms with Crippen LogP contribution in [-0.2, 0) is 13.0 Å². The Kier molecular flexibility index (Phi) is 4.02. The Labute approximate surface area is 96.7 Å². The highest BCUT2D eigenvalue weighted by atomic mass is 16.3. The molecule has 0 fully saturated rings. The minimum Gasteiger partial charge on any atom is -0.396 e. The minimum absolute atomic E-state index is 0.248. The number of rotatable bonds is 5. The molecule has 1 aromatic heterocycles. The van der Waals surface area contributed by atoms with Crippen LogP contribution in [0.5, 0.6) is 0 Å². The van der Waals surface area contributed by atoms with Gasteiger partial charge in [0.15, 0.2) is 0 Å². The summed E-state index contributed by atoms with van der Waals surface area (Å²) < 4.78 is 2.19. The molecule has 90 valence electrons. The topological polar surface area (TPSA) is 45.4 Å². The lowest BCUT2D eigenvalue weighted by atomic mass is 9.93. The van der Waals surface area contributed by atoms with Gasteiger partial charge in [0.25, 0.3) is 0 Å². The fourth-order valence-corrected chi connectivity index (χ4v) is 2.44. The molecule has 0 saturated carbocycles. The number of aliphatic hydroxyl groups is 2. The monoisotopic (exact) mass is 223 g/mol. The fraction of sp³-hybridized carbons (Fsp3) is 0.692. The van der Waals surface area contributed by atoms with Crippen LogP contribution in [0.3, 0.4) is 0 Å². The van der Waals surface area contributed by atoms with E-state index in [1.165, 1.54) is 5.56 Å². The van der Waals surface area contributed by atoms with Crippen molar-refractivity contribution in [2.45, 2.75) is 51.2 Å². The van der Waals surface area contributed by atoms with Gasteiger partial charge in [-0.25, -0.2) is 0 Å². The second-order valence-electron chi connectivity index (χ2n) is 4.67. The normalized spacial score (nSPS) is 19.8. The first-order valence-electron chi connectivity index (χ1n) is 6.28. The molecule has 1 aliphatic carbocycles. The third-order valence-electron chi connectivity index (χ3n) is 3.35. The number of hydrogen-bond donors (Lipinski definition) is 2. The standard InChI is InChI=1S/C13H21NO2/c15-8-3-1-2-7-14-9-11-5-4-6-13(16)12(11)10-14/h9-10,13,15-16H,1-8H2. The van der Waals surface area contributed by atoms with E-state index in [0.29, 0.717) is 6.61 Å². The van der Waals surface area contributed by atoms with Crippen molar-refractivity contribution in [3.05, 3.63) is 23.5 Å². The Morgan fingerprint density at radius 2 is 2.12 bits per heavy atom. The molecule has 3 heteroatoms. The molecular formula is C13H21NO2. The van der Waals surface area contributed by atoms with Crippen LogP contribution >= 0.6 is 0 Å². The van der Waals surface area contributed by atoms with Gasteiger partial charge in [-0.15, -0.1) is 0 Å². The van der Waals surface area contributed by atoms with E-state index in [-0.39, 0.29) is 6.10 Å². The Bertz CT molecular complexity index is 333. The van der Waals surface area contributed by atoms with Crippen molar-refractivity contribution in [1.29, 1.82) is 0 Å². The molecule has 0 spiro atoms. The van der Waals surface area contributed by atoms with E-state index in [9.17, 15) is 5.11 Å². The summed E-state index contributed by atoms with van der Waals surface area (Å²) in [6.07, 6.45) is 10.2. The van der Waals surface area contributed by atoms with E-state index in [1.54, 1.807) is 0 Å². The third-order valence-corrected chi connectivity index (χ3v) is 3.35. The van der Waals surface area contributed by atoms with Crippen LogP contribution in [0.15, 0.2) is 12.4 Å². The smallest absolute Gasteiger partial charge is 0.0807 e. The minimum atomic E-state index is -0.248. The molecule has 0 aliphatic heterocycles. The Morgan fingerprint density at radius 1 is 1.25 bits per heavy atom. The van der Waals surface area contributed by atoms with E-state index in [4.69, 9.17) is 5.11 Å². The molecule has 0 saturated heterocycles. The van der Waals surface area contributed by atoms with E-state index >= 15 is 0 Å². The molecule has 0 amide bonds. The molecule has 2 N–H and O–H groups in total. The maximum absolute atomic E-state index is 9.84. The van der Waals surface area contributed by atoms with Crippen LogP contribution in [0, 0.1) is 0 Å². The lowest BCUT2D eigenvalue weighted by Crippen LogP contribution is -2.05. The molecule has 1 unspecified atom stereocenters. The first kappa shape index (κ1) is 11.7. The molecule has 1 aliphatic rings. The number of aryl methyl sites for hydroxylation is 2. The van der Waals surface area contributed by atoms with Gasteiger partial charge in [0, 0.05) is 31.1 Å². The number of fused-ring (bicyclic) bond motifs is 1. The molecule has 1 aromatic rings. The molecule has 1 heterocycles. The van der Waals surface area contributed by atoms with Crippen LogP contribution < -0.4 is 0 Å². The van der Waals surface area contributed by atoms with Crippen molar-refractivity contribution in [2.24, 2.45) is 0 Å². The quantitative estimate of drug-likeness (QED) is 0.750. The van der Waals surface area contributed by atoms with Gasteiger partial charge in [0.05, 0.1) is 6.10 Å². The van der Waals surface area contributed by atoms with Crippen molar-refractivity contribution >= 4 is 0 Å². The summed E-state index contributed by atoms with van der Waals surface area (Å²) in [4.78, 5) is 0. The molecule has 0 aromatic carbocycles. The number of hydrogen-bond acceptors (Lipinski definition) is 2. The van der Waals surface area contributed by atoms with Crippen LogP contribution in [0.2, 0.25) is 0 Å². The van der Waals surface area contributed by atoms with Gasteiger partial charge in [-0.3, -0.25) is 0 Å². The zero-order chi connectivity index (χ0) is 11.4. The van der Waals surface area contributed by atoms with Crippen LogP contribution in [0.25, 0.3) is 0 Å². The lowest BCUT2D eigenvalue weighted by Gasteiger charge is -2.16. The molecule has 1 atom stereocenters. The highest BCUT2D eigenvalue weighted by Crippen LogP contribution is 2.30. The van der Waals surface area contributed by atoms with Crippen LogP contribution in [0.4, 0.5) is 0 Å². The van der Waals surface area contributed by atoms with E-state index in [2.05, 4.69) is 17.0 Å². The van der Waals surface area contributed by atoms with Gasteiger partial charge in [-0.05, 0) is 44.1 Å². The van der Waals surface area contributed by atoms with Crippen molar-refractivity contribution in [2.75, 3.05) is 6.61 Å². The lowest BCUT2D eigenvalue weighted by molar-refractivity contribution is 0.157. The first-order valence-corrected chi connectivity index (χ1v) is 6.28. The molecule has 3 nitrogen and oxygen atoms in total. The summed E-state index contributed by atoms with van der Waals surface area (Å²) in [5.74, 6) is 0. The number of aromatic nitrogens is 1. The number of nitrogens with zero attached hydrogens (tertiary/aromatic N) is 1. The number of aliphatic hydroxyl groups excluding tert-OH is 2. The van der Waals surface area contributed by atoms with Crippen molar-refractivity contribution in [1.82, 2.24) is 4.57 Å². The van der Waals surface area contributed by atoms with Crippen LogP contribution in [0.1, 0.15) is 49.3 Å². The zero-order valence-electron chi connectivity index (χ0n) is 9.73. The number of unbranched alkanes of at least 4 members (excludes halogenated alkanes) is 2. The van der Waals surface area contributed by atoms with Gasteiger partial charge in [-0.1, -0.05) is 0 Å². The van der Waals surface area contributed by atoms with Gasteiger partial charge in [0.2, 0.25) is 0 Å². The zero-order valence-corrected chi connectivity index (χ0v) is 9.73.